The Morgan fingerprint density at radius 2 is 1.88 bits per heavy atom. The van der Waals surface area contributed by atoms with Gasteiger partial charge in [0.05, 0.1) is 35.9 Å². The molecular formula is C22H27N3O6S. The lowest BCUT2D eigenvalue weighted by Gasteiger charge is -2.18. The Balaban J connectivity index is 1.63. The second-order valence-corrected chi connectivity index (χ2v) is 9.42. The molecule has 1 saturated heterocycles. The molecule has 0 saturated carbocycles. The van der Waals surface area contributed by atoms with E-state index < -0.39 is 22.5 Å². The molecule has 1 heterocycles. The van der Waals surface area contributed by atoms with Crippen LogP contribution >= 0.6 is 0 Å². The van der Waals surface area contributed by atoms with Gasteiger partial charge in [-0.3, -0.25) is 9.59 Å². The number of nitrogens with zero attached hydrogens (tertiary/aromatic N) is 1. The van der Waals surface area contributed by atoms with Crippen LogP contribution in [0.5, 0.6) is 5.75 Å². The van der Waals surface area contributed by atoms with E-state index >= 15 is 0 Å². The zero-order valence-corrected chi connectivity index (χ0v) is 18.9. The minimum atomic E-state index is -3.87. The maximum absolute atomic E-state index is 12.7. The van der Waals surface area contributed by atoms with Crippen molar-refractivity contribution >= 4 is 27.5 Å². The third-order valence-corrected chi connectivity index (χ3v) is 6.91. The van der Waals surface area contributed by atoms with Gasteiger partial charge in [-0.05, 0) is 49.2 Å². The number of hydrogen-bond acceptors (Lipinski definition) is 6. The van der Waals surface area contributed by atoms with Gasteiger partial charge in [0.25, 0.3) is 5.91 Å². The van der Waals surface area contributed by atoms with Crippen LogP contribution in [0, 0.1) is 0 Å². The predicted molar refractivity (Wildman–Crippen MR) is 119 cm³/mol. The van der Waals surface area contributed by atoms with Crippen molar-refractivity contribution in [3.05, 3.63) is 54.1 Å². The predicted octanol–water partition coefficient (Wildman–Crippen LogP) is 1.86. The van der Waals surface area contributed by atoms with Crippen molar-refractivity contribution in [1.82, 2.24) is 9.62 Å². The summed E-state index contributed by atoms with van der Waals surface area (Å²) in [6.45, 7) is 0.671. The number of anilines is 1. The number of methoxy groups -OCH3 is 1. The molecule has 2 aromatic rings. The topological polar surface area (TPSA) is 114 Å². The van der Waals surface area contributed by atoms with Crippen LogP contribution in [-0.2, 0) is 19.6 Å². The van der Waals surface area contributed by atoms with Crippen molar-refractivity contribution in [3.63, 3.8) is 0 Å². The molecule has 2 aromatic carbocycles. The fraction of sp³-hybridized carbons (Fsp3) is 0.364. The fourth-order valence-electron chi connectivity index (χ4n) is 3.30. The first-order valence-corrected chi connectivity index (χ1v) is 11.6. The quantitative estimate of drug-likeness (QED) is 0.589. The van der Waals surface area contributed by atoms with Crippen molar-refractivity contribution in [2.75, 3.05) is 39.2 Å². The Bertz CT molecular complexity index is 1050. The molecule has 0 radical (unpaired) electrons. The van der Waals surface area contributed by atoms with E-state index in [2.05, 4.69) is 10.6 Å². The lowest BCUT2D eigenvalue weighted by Crippen LogP contribution is -2.36. The third-order valence-electron chi connectivity index (χ3n) is 5.09. The minimum Gasteiger partial charge on any atom is -0.497 e. The van der Waals surface area contributed by atoms with Gasteiger partial charge in [0.1, 0.15) is 5.75 Å². The second-order valence-electron chi connectivity index (χ2n) is 7.38. The number of carbonyl (C=O) groups excluding carboxylic acids is 2. The number of hydrogen-bond donors (Lipinski definition) is 2. The molecule has 3 rings (SSSR count). The number of benzene rings is 2. The highest BCUT2D eigenvalue weighted by molar-refractivity contribution is 7.89. The van der Waals surface area contributed by atoms with Crippen LogP contribution in [0.15, 0.2) is 53.4 Å². The normalized spacial score (nSPS) is 16.0. The zero-order valence-electron chi connectivity index (χ0n) is 18.0. The summed E-state index contributed by atoms with van der Waals surface area (Å²) in [6.07, 6.45) is 1.87. The molecule has 1 fully saturated rings. The van der Waals surface area contributed by atoms with Crippen molar-refractivity contribution in [3.8, 4) is 5.75 Å². The molecule has 32 heavy (non-hydrogen) atoms. The van der Waals surface area contributed by atoms with E-state index in [1.54, 1.807) is 24.3 Å². The lowest BCUT2D eigenvalue weighted by atomic mass is 10.1. The first kappa shape index (κ1) is 23.7. The van der Waals surface area contributed by atoms with Crippen LogP contribution in [-0.4, -0.2) is 64.5 Å². The molecule has 0 aromatic heterocycles. The van der Waals surface area contributed by atoms with E-state index in [4.69, 9.17) is 9.47 Å². The highest BCUT2D eigenvalue weighted by Gasteiger charge is 2.24. The Morgan fingerprint density at radius 3 is 2.53 bits per heavy atom. The summed E-state index contributed by atoms with van der Waals surface area (Å²) in [5, 5.41) is 5.45. The van der Waals surface area contributed by atoms with Crippen LogP contribution < -0.4 is 15.4 Å². The monoisotopic (exact) mass is 461 g/mol. The van der Waals surface area contributed by atoms with E-state index in [1.807, 2.05) is 0 Å². The number of para-hydroxylation sites is 1. The van der Waals surface area contributed by atoms with Gasteiger partial charge in [-0.2, -0.15) is 4.31 Å². The van der Waals surface area contributed by atoms with Crippen LogP contribution in [0.1, 0.15) is 23.2 Å². The largest absolute Gasteiger partial charge is 0.497 e. The van der Waals surface area contributed by atoms with Gasteiger partial charge >= 0.3 is 0 Å². The molecule has 172 valence electrons. The Morgan fingerprint density at radius 1 is 1.16 bits per heavy atom. The second kappa shape index (κ2) is 10.6. The van der Waals surface area contributed by atoms with Gasteiger partial charge in [0, 0.05) is 20.2 Å². The summed E-state index contributed by atoms with van der Waals surface area (Å²) in [7, 11) is -1.07. The van der Waals surface area contributed by atoms with E-state index in [1.165, 1.54) is 38.4 Å². The number of amides is 2. The molecule has 1 atom stereocenters. The van der Waals surface area contributed by atoms with Crippen LogP contribution in [0.25, 0.3) is 0 Å². The molecule has 2 amide bonds. The fourth-order valence-corrected chi connectivity index (χ4v) is 4.43. The highest BCUT2D eigenvalue weighted by atomic mass is 32.2. The number of nitrogens with one attached hydrogen (secondary N) is 2. The minimum absolute atomic E-state index is 0.00230. The van der Waals surface area contributed by atoms with Gasteiger partial charge < -0.3 is 20.1 Å². The summed E-state index contributed by atoms with van der Waals surface area (Å²) in [6, 6.07) is 12.5. The van der Waals surface area contributed by atoms with Crippen LogP contribution in [0.3, 0.4) is 0 Å². The lowest BCUT2D eigenvalue weighted by molar-refractivity contribution is -0.116. The van der Waals surface area contributed by atoms with Crippen LogP contribution in [0.2, 0.25) is 0 Å². The first-order chi connectivity index (χ1) is 15.3. The number of likely N-dealkylation sites (N-methyl/N-ethyl adjacent to an activating group) is 1. The van der Waals surface area contributed by atoms with E-state index in [0.29, 0.717) is 30.2 Å². The molecule has 1 aliphatic rings. The molecule has 1 aliphatic heterocycles. The summed E-state index contributed by atoms with van der Waals surface area (Å²) in [5.74, 6) is -0.377. The van der Waals surface area contributed by atoms with Gasteiger partial charge in [-0.25, -0.2) is 8.42 Å². The van der Waals surface area contributed by atoms with E-state index in [0.717, 1.165) is 17.1 Å². The van der Waals surface area contributed by atoms with Crippen LogP contribution in [0.4, 0.5) is 5.69 Å². The van der Waals surface area contributed by atoms with Gasteiger partial charge in [0.15, 0.2) is 0 Å². The average molecular weight is 462 g/mol. The van der Waals surface area contributed by atoms with Crippen molar-refractivity contribution in [1.29, 1.82) is 0 Å². The smallest absolute Gasteiger partial charge is 0.253 e. The van der Waals surface area contributed by atoms with E-state index in [9.17, 15) is 18.0 Å². The Labute approximate surface area is 187 Å². The van der Waals surface area contributed by atoms with E-state index in [-0.39, 0.29) is 16.9 Å². The standard InChI is InChI=1S/C22H27N3O6S/c1-25(32(28,29)18-11-9-16(30-2)10-12-18)15-21(26)24-20-8-4-3-7-19(20)22(27)23-14-17-6-5-13-31-17/h3-4,7-12,17H,5-6,13-15H2,1-2H3,(H,23,27)(H,24,26)/t17-/m0/s1. The molecule has 0 bridgehead atoms. The first-order valence-electron chi connectivity index (χ1n) is 10.2. The summed E-state index contributed by atoms with van der Waals surface area (Å²) >= 11 is 0. The SMILES string of the molecule is COc1ccc(S(=O)(=O)N(C)CC(=O)Nc2ccccc2C(=O)NC[C@@H]2CCCO2)cc1. The zero-order chi connectivity index (χ0) is 23.1. The van der Waals surface area contributed by atoms with Crippen molar-refractivity contribution in [2.24, 2.45) is 0 Å². The number of ether oxygens (including phenoxy) is 2. The third kappa shape index (κ3) is 5.84. The summed E-state index contributed by atoms with van der Waals surface area (Å²) in [4.78, 5) is 25.2. The number of rotatable bonds is 9. The van der Waals surface area contributed by atoms with Gasteiger partial charge in [-0.1, -0.05) is 12.1 Å². The maximum Gasteiger partial charge on any atom is 0.253 e. The maximum atomic E-state index is 12.7. The molecular weight excluding hydrogens is 434 g/mol. The molecule has 10 heteroatoms. The molecule has 2 N–H and O–H groups in total. The van der Waals surface area contributed by atoms with Gasteiger partial charge in [-0.15, -0.1) is 0 Å². The molecule has 0 aliphatic carbocycles. The highest BCUT2D eigenvalue weighted by Crippen LogP contribution is 2.19. The average Bonchev–Trinajstić information content (AvgIpc) is 3.31. The van der Waals surface area contributed by atoms with Crippen molar-refractivity contribution in [2.45, 2.75) is 23.8 Å². The van der Waals surface area contributed by atoms with Crippen molar-refractivity contribution < 1.29 is 27.5 Å². The molecule has 0 unspecified atom stereocenters. The molecule has 9 nitrogen and oxygen atoms in total. The van der Waals surface area contributed by atoms with Gasteiger partial charge in [0.2, 0.25) is 15.9 Å². The number of carbonyl (C=O) groups is 2. The summed E-state index contributed by atoms with van der Waals surface area (Å²) < 4.78 is 37.0. The Kier molecular flexibility index (Phi) is 7.84. The number of sulfonamides is 1. The summed E-state index contributed by atoms with van der Waals surface area (Å²) in [5.41, 5.74) is 0.595. The molecule has 0 spiro atoms. The Hall–Kier alpha value is -2.95.